The second-order valence-electron chi connectivity index (χ2n) is 6.80. The molecule has 3 nitrogen and oxygen atoms in total. The lowest BCUT2D eigenvalue weighted by molar-refractivity contribution is 0.0943. The van der Waals surface area contributed by atoms with Crippen molar-refractivity contribution in [3.05, 3.63) is 80.0 Å². The van der Waals surface area contributed by atoms with Crippen LogP contribution in [0, 0.1) is 19.7 Å². The van der Waals surface area contributed by atoms with Crippen LogP contribution in [-0.4, -0.2) is 28.8 Å². The molecule has 0 unspecified atom stereocenters. The van der Waals surface area contributed by atoms with Crippen LogP contribution in [0.15, 0.2) is 42.5 Å². The van der Waals surface area contributed by atoms with Gasteiger partial charge in [-0.25, -0.2) is 4.39 Å². The molecule has 0 bridgehead atoms. The molecule has 0 aliphatic rings. The number of hydrogen-bond donors (Lipinski definition) is 0. The highest BCUT2D eigenvalue weighted by Gasteiger charge is 2.17. The van der Waals surface area contributed by atoms with Crippen LogP contribution in [0.5, 0.6) is 0 Å². The van der Waals surface area contributed by atoms with Crippen molar-refractivity contribution in [1.82, 2.24) is 9.47 Å². The quantitative estimate of drug-likeness (QED) is 0.498. The van der Waals surface area contributed by atoms with Gasteiger partial charge in [0.05, 0.1) is 10.9 Å². The molecule has 0 aliphatic heterocycles. The van der Waals surface area contributed by atoms with Crippen molar-refractivity contribution in [2.24, 2.45) is 0 Å². The Morgan fingerprint density at radius 1 is 1.19 bits per heavy atom. The van der Waals surface area contributed by atoms with Gasteiger partial charge >= 0.3 is 0 Å². The minimum absolute atomic E-state index is 0.0959. The third-order valence-electron chi connectivity index (χ3n) is 4.60. The van der Waals surface area contributed by atoms with E-state index in [1.807, 2.05) is 44.0 Å². The van der Waals surface area contributed by atoms with Crippen LogP contribution in [0.1, 0.15) is 32.2 Å². The van der Waals surface area contributed by atoms with Gasteiger partial charge < -0.3 is 4.57 Å². The first-order chi connectivity index (χ1) is 12.8. The van der Waals surface area contributed by atoms with Crippen molar-refractivity contribution < 1.29 is 9.18 Å². The summed E-state index contributed by atoms with van der Waals surface area (Å²) in [5, 5.41) is 0. The number of likely N-dealkylation sites (N-methyl/N-ethyl adjacent to an activating group) is 1. The fourth-order valence-electron chi connectivity index (χ4n) is 3.19. The van der Waals surface area contributed by atoms with Gasteiger partial charge in [-0.1, -0.05) is 23.7 Å². The van der Waals surface area contributed by atoms with Gasteiger partial charge in [-0.3, -0.25) is 9.69 Å². The molecule has 0 amide bonds. The second kappa shape index (κ2) is 8.38. The summed E-state index contributed by atoms with van der Waals surface area (Å²) in [5.41, 5.74) is 3.71. The Hall–Kier alpha value is -1.95. The fourth-order valence-corrected chi connectivity index (χ4v) is 4.36. The Labute approximate surface area is 168 Å². The first kappa shape index (κ1) is 19.8. The monoisotopic (exact) mass is 404 g/mol. The summed E-state index contributed by atoms with van der Waals surface area (Å²) in [7, 11) is 1.93. The summed E-state index contributed by atoms with van der Waals surface area (Å²) >= 11 is 7.50. The zero-order valence-corrected chi connectivity index (χ0v) is 17.2. The SMILES string of the molecule is Cc1cc(C(=O)CN(C)Cc2ccc(Cl)s2)c(C)n1Cc1ccc(F)cc1. The number of aromatic nitrogens is 1. The van der Waals surface area contributed by atoms with Gasteiger partial charge in [-0.2, -0.15) is 0 Å². The van der Waals surface area contributed by atoms with E-state index in [1.165, 1.54) is 23.5 Å². The van der Waals surface area contributed by atoms with Gasteiger partial charge in [0.15, 0.2) is 5.78 Å². The molecule has 0 saturated heterocycles. The standard InChI is InChI=1S/C21H22ClFN2OS/c1-14-10-19(15(2)25(14)11-16-4-6-17(23)7-5-16)20(26)13-24(3)12-18-8-9-21(22)27-18/h4-10H,11-13H2,1-3H3. The van der Waals surface area contributed by atoms with Gasteiger partial charge in [-0.05, 0) is 56.8 Å². The van der Waals surface area contributed by atoms with Crippen LogP contribution in [-0.2, 0) is 13.1 Å². The molecule has 3 rings (SSSR count). The maximum Gasteiger partial charge on any atom is 0.178 e. The Morgan fingerprint density at radius 3 is 2.52 bits per heavy atom. The number of nitrogens with zero attached hydrogens (tertiary/aromatic N) is 2. The van der Waals surface area contributed by atoms with E-state index in [4.69, 9.17) is 11.6 Å². The number of aryl methyl sites for hydroxylation is 1. The fraction of sp³-hybridized carbons (Fsp3) is 0.286. The first-order valence-electron chi connectivity index (χ1n) is 8.70. The van der Waals surface area contributed by atoms with E-state index in [0.717, 1.165) is 31.7 Å². The molecule has 2 heterocycles. The van der Waals surface area contributed by atoms with Gasteiger partial charge in [0, 0.05) is 34.9 Å². The van der Waals surface area contributed by atoms with E-state index in [1.54, 1.807) is 12.1 Å². The van der Waals surface area contributed by atoms with Gasteiger partial charge in [0.2, 0.25) is 0 Å². The normalized spacial score (nSPS) is 11.3. The van der Waals surface area contributed by atoms with E-state index in [2.05, 4.69) is 4.57 Å². The summed E-state index contributed by atoms with van der Waals surface area (Å²) < 4.78 is 16.0. The van der Waals surface area contributed by atoms with Crippen molar-refractivity contribution in [2.45, 2.75) is 26.9 Å². The van der Waals surface area contributed by atoms with E-state index < -0.39 is 0 Å². The summed E-state index contributed by atoms with van der Waals surface area (Å²) in [6, 6.07) is 12.3. The van der Waals surface area contributed by atoms with E-state index in [9.17, 15) is 9.18 Å². The highest BCUT2D eigenvalue weighted by atomic mass is 35.5. The molecular formula is C21H22ClFN2OS. The lowest BCUT2D eigenvalue weighted by atomic mass is 10.1. The Kier molecular flexibility index (Phi) is 6.15. The second-order valence-corrected chi connectivity index (χ2v) is 8.60. The molecule has 1 aromatic carbocycles. The van der Waals surface area contributed by atoms with E-state index in [-0.39, 0.29) is 11.6 Å². The summed E-state index contributed by atoms with van der Waals surface area (Å²) in [4.78, 5) is 15.9. The van der Waals surface area contributed by atoms with Crippen LogP contribution in [0.25, 0.3) is 0 Å². The molecule has 0 fully saturated rings. The predicted molar refractivity (Wildman–Crippen MR) is 109 cm³/mol. The summed E-state index contributed by atoms with van der Waals surface area (Å²) in [6.45, 7) is 5.61. The number of halogens is 2. The van der Waals surface area contributed by atoms with Crippen molar-refractivity contribution in [1.29, 1.82) is 0 Å². The van der Waals surface area contributed by atoms with Gasteiger partial charge in [-0.15, -0.1) is 11.3 Å². The van der Waals surface area contributed by atoms with E-state index >= 15 is 0 Å². The number of Topliss-reactive ketones (excluding diaryl/α,β-unsaturated/α-hetero) is 1. The predicted octanol–water partition coefficient (Wildman–Crippen LogP) is 5.32. The zero-order chi connectivity index (χ0) is 19.6. The molecule has 0 saturated carbocycles. The topological polar surface area (TPSA) is 25.2 Å². The maximum absolute atomic E-state index is 13.1. The minimum atomic E-state index is -0.245. The first-order valence-corrected chi connectivity index (χ1v) is 9.90. The van der Waals surface area contributed by atoms with Crippen LogP contribution in [0.3, 0.4) is 0 Å². The Morgan fingerprint density at radius 2 is 1.89 bits per heavy atom. The zero-order valence-electron chi connectivity index (χ0n) is 15.6. The molecule has 2 aromatic heterocycles. The molecular weight excluding hydrogens is 383 g/mol. The molecule has 0 N–H and O–H groups in total. The number of ketones is 1. The lowest BCUT2D eigenvalue weighted by Crippen LogP contribution is -2.25. The van der Waals surface area contributed by atoms with Crippen LogP contribution < -0.4 is 0 Å². The lowest BCUT2D eigenvalue weighted by Gasteiger charge is -2.15. The minimum Gasteiger partial charge on any atom is -0.344 e. The number of hydrogen-bond acceptors (Lipinski definition) is 3. The maximum atomic E-state index is 13.1. The third-order valence-corrected chi connectivity index (χ3v) is 5.81. The van der Waals surface area contributed by atoms with Crippen LogP contribution >= 0.6 is 22.9 Å². The average molecular weight is 405 g/mol. The van der Waals surface area contributed by atoms with Crippen molar-refractivity contribution >= 4 is 28.7 Å². The van der Waals surface area contributed by atoms with Crippen LogP contribution in [0.2, 0.25) is 4.34 Å². The largest absolute Gasteiger partial charge is 0.344 e. The average Bonchev–Trinajstić information content (AvgIpc) is 3.14. The number of thiophene rings is 1. The molecule has 6 heteroatoms. The molecule has 0 spiro atoms. The summed E-state index contributed by atoms with van der Waals surface area (Å²) in [6.07, 6.45) is 0. The highest BCUT2D eigenvalue weighted by Crippen LogP contribution is 2.23. The molecule has 27 heavy (non-hydrogen) atoms. The Balaban J connectivity index is 1.70. The number of benzene rings is 1. The number of carbonyl (C=O) groups excluding carboxylic acids is 1. The smallest absolute Gasteiger partial charge is 0.178 e. The van der Waals surface area contributed by atoms with Crippen molar-refractivity contribution in [2.75, 3.05) is 13.6 Å². The molecule has 142 valence electrons. The van der Waals surface area contributed by atoms with Gasteiger partial charge in [0.25, 0.3) is 0 Å². The summed E-state index contributed by atoms with van der Waals surface area (Å²) in [5.74, 6) is -0.149. The van der Waals surface area contributed by atoms with E-state index in [0.29, 0.717) is 19.6 Å². The van der Waals surface area contributed by atoms with Crippen LogP contribution in [0.4, 0.5) is 4.39 Å². The Bertz CT molecular complexity index is 946. The number of rotatable bonds is 7. The third kappa shape index (κ3) is 4.86. The molecule has 0 aliphatic carbocycles. The van der Waals surface area contributed by atoms with Gasteiger partial charge in [0.1, 0.15) is 5.82 Å². The molecule has 3 aromatic rings. The molecule has 0 atom stereocenters. The van der Waals surface area contributed by atoms with Crippen molar-refractivity contribution in [3.63, 3.8) is 0 Å². The highest BCUT2D eigenvalue weighted by molar-refractivity contribution is 7.16. The molecule has 0 radical (unpaired) electrons. The number of carbonyl (C=O) groups is 1. The van der Waals surface area contributed by atoms with Crippen molar-refractivity contribution in [3.8, 4) is 0 Å².